The van der Waals surface area contributed by atoms with Gasteiger partial charge in [-0.2, -0.15) is 0 Å². The number of hydrogen-bond acceptors (Lipinski definition) is 4. The van der Waals surface area contributed by atoms with Crippen LogP contribution in [0.2, 0.25) is 0 Å². The van der Waals surface area contributed by atoms with Gasteiger partial charge in [0, 0.05) is 11.6 Å². The number of nitrogens with zero attached hydrogens (tertiary/aromatic N) is 1. The highest BCUT2D eigenvalue weighted by Gasteiger charge is 2.18. The second-order valence-electron chi connectivity index (χ2n) is 6.29. The molecule has 3 rings (SSSR count). The second-order valence-corrected chi connectivity index (χ2v) is 6.29. The number of urea groups is 1. The van der Waals surface area contributed by atoms with Gasteiger partial charge in [0.1, 0.15) is 17.2 Å². The van der Waals surface area contributed by atoms with E-state index in [4.69, 9.17) is 9.15 Å². The Kier molecular flexibility index (Phi) is 5.58. The van der Waals surface area contributed by atoms with Gasteiger partial charge in [0.15, 0.2) is 0 Å². The quantitative estimate of drug-likeness (QED) is 0.836. The first kappa shape index (κ1) is 17.3. The van der Waals surface area contributed by atoms with Gasteiger partial charge in [-0.1, -0.05) is 12.8 Å². The summed E-state index contributed by atoms with van der Waals surface area (Å²) in [7, 11) is 0. The number of rotatable bonds is 6. The highest BCUT2D eigenvalue weighted by Crippen LogP contribution is 2.24. The van der Waals surface area contributed by atoms with E-state index >= 15 is 0 Å². The lowest BCUT2D eigenvalue weighted by Crippen LogP contribution is -2.40. The van der Waals surface area contributed by atoms with Crippen LogP contribution in [0.5, 0.6) is 5.75 Å². The van der Waals surface area contributed by atoms with Crippen molar-refractivity contribution in [3.05, 3.63) is 35.7 Å². The molecule has 0 atom stereocenters. The minimum absolute atomic E-state index is 0.142. The summed E-state index contributed by atoms with van der Waals surface area (Å²) in [6.07, 6.45) is 4.52. The number of aromatic nitrogens is 1. The van der Waals surface area contributed by atoms with Crippen LogP contribution >= 0.6 is 0 Å². The molecule has 6 nitrogen and oxygen atoms in total. The third kappa shape index (κ3) is 4.53. The molecule has 0 unspecified atom stereocenters. The molecule has 1 heterocycles. The van der Waals surface area contributed by atoms with Gasteiger partial charge in [-0.15, -0.1) is 0 Å². The van der Waals surface area contributed by atoms with E-state index in [1.807, 2.05) is 38.1 Å². The maximum atomic E-state index is 12.0. The molecule has 2 N–H and O–H groups in total. The van der Waals surface area contributed by atoms with Gasteiger partial charge in [0.05, 0.1) is 13.2 Å². The minimum Gasteiger partial charge on any atom is -0.494 e. The molecule has 1 aromatic heterocycles. The van der Waals surface area contributed by atoms with Gasteiger partial charge >= 0.3 is 6.03 Å². The van der Waals surface area contributed by atoms with Crippen LogP contribution in [0.4, 0.5) is 4.79 Å². The van der Waals surface area contributed by atoms with E-state index in [1.165, 1.54) is 12.8 Å². The number of ether oxygens (including phenoxy) is 1. The van der Waals surface area contributed by atoms with Crippen LogP contribution in [0.15, 0.2) is 28.7 Å². The third-order valence-corrected chi connectivity index (χ3v) is 4.41. The Morgan fingerprint density at radius 1 is 1.28 bits per heavy atom. The monoisotopic (exact) mass is 343 g/mol. The molecule has 2 aromatic rings. The van der Waals surface area contributed by atoms with Gasteiger partial charge in [-0.05, 0) is 51.0 Å². The summed E-state index contributed by atoms with van der Waals surface area (Å²) in [4.78, 5) is 16.5. The summed E-state index contributed by atoms with van der Waals surface area (Å²) in [6.45, 7) is 4.80. The summed E-state index contributed by atoms with van der Waals surface area (Å²) >= 11 is 0. The van der Waals surface area contributed by atoms with Gasteiger partial charge in [-0.25, -0.2) is 9.78 Å². The summed E-state index contributed by atoms with van der Waals surface area (Å²) in [5, 5.41) is 5.87. The average Bonchev–Trinajstić information content (AvgIpc) is 3.24. The molecule has 1 aromatic carbocycles. The van der Waals surface area contributed by atoms with Crippen LogP contribution in [-0.4, -0.2) is 23.7 Å². The molecule has 1 aliphatic carbocycles. The first-order valence-electron chi connectivity index (χ1n) is 8.89. The molecule has 0 spiro atoms. The van der Waals surface area contributed by atoms with E-state index < -0.39 is 0 Å². The first-order chi connectivity index (χ1) is 12.2. The minimum atomic E-state index is -0.142. The summed E-state index contributed by atoms with van der Waals surface area (Å²) < 4.78 is 11.2. The zero-order valence-corrected chi connectivity index (χ0v) is 14.8. The summed E-state index contributed by atoms with van der Waals surface area (Å²) in [6, 6.07) is 7.78. The number of carbonyl (C=O) groups excluding carboxylic acids is 1. The van der Waals surface area contributed by atoms with Gasteiger partial charge < -0.3 is 19.8 Å². The fourth-order valence-electron chi connectivity index (χ4n) is 3.05. The maximum absolute atomic E-state index is 12.0. The standard InChI is InChI=1S/C19H25N3O3/c1-3-24-16-10-8-14(9-11-16)18-22-17(13(2)25-18)12-20-19(23)21-15-6-4-5-7-15/h8-11,15H,3-7,12H2,1-2H3,(H2,20,21,23). The highest BCUT2D eigenvalue weighted by molar-refractivity contribution is 5.74. The van der Waals surface area contributed by atoms with E-state index in [9.17, 15) is 4.79 Å². The Labute approximate surface area is 148 Å². The summed E-state index contributed by atoms with van der Waals surface area (Å²) in [5.74, 6) is 2.08. The predicted molar refractivity (Wildman–Crippen MR) is 95.5 cm³/mol. The Morgan fingerprint density at radius 2 is 2.00 bits per heavy atom. The van der Waals surface area contributed by atoms with Crippen molar-refractivity contribution in [1.29, 1.82) is 0 Å². The van der Waals surface area contributed by atoms with Crippen molar-refractivity contribution in [2.75, 3.05) is 6.61 Å². The van der Waals surface area contributed by atoms with Crippen LogP contribution < -0.4 is 15.4 Å². The van der Waals surface area contributed by atoms with E-state index in [2.05, 4.69) is 15.6 Å². The van der Waals surface area contributed by atoms with Crippen LogP contribution in [0, 0.1) is 6.92 Å². The topological polar surface area (TPSA) is 76.4 Å². The molecule has 2 amide bonds. The molecule has 6 heteroatoms. The van der Waals surface area contributed by atoms with Crippen molar-refractivity contribution in [2.45, 2.75) is 52.1 Å². The van der Waals surface area contributed by atoms with Crippen LogP contribution in [0.25, 0.3) is 11.5 Å². The fraction of sp³-hybridized carbons (Fsp3) is 0.474. The molecule has 25 heavy (non-hydrogen) atoms. The lowest BCUT2D eigenvalue weighted by molar-refractivity contribution is 0.236. The molecule has 1 aliphatic rings. The number of carbonyl (C=O) groups is 1. The number of nitrogens with one attached hydrogen (secondary N) is 2. The lowest BCUT2D eigenvalue weighted by atomic mass is 10.2. The normalized spacial score (nSPS) is 14.5. The average molecular weight is 343 g/mol. The van der Waals surface area contributed by atoms with Gasteiger partial charge in [-0.3, -0.25) is 0 Å². The highest BCUT2D eigenvalue weighted by atomic mass is 16.5. The largest absolute Gasteiger partial charge is 0.494 e. The number of hydrogen-bond donors (Lipinski definition) is 2. The Morgan fingerprint density at radius 3 is 2.68 bits per heavy atom. The first-order valence-corrected chi connectivity index (χ1v) is 8.89. The molecule has 0 saturated heterocycles. The number of benzene rings is 1. The molecular weight excluding hydrogens is 318 g/mol. The van der Waals surface area contributed by atoms with Crippen molar-refractivity contribution in [2.24, 2.45) is 0 Å². The maximum Gasteiger partial charge on any atom is 0.315 e. The molecule has 0 radical (unpaired) electrons. The van der Waals surface area contributed by atoms with E-state index in [0.29, 0.717) is 30.8 Å². The Bertz CT molecular complexity index is 703. The van der Waals surface area contributed by atoms with Crippen molar-refractivity contribution in [3.63, 3.8) is 0 Å². The fourth-order valence-corrected chi connectivity index (χ4v) is 3.05. The summed E-state index contributed by atoms with van der Waals surface area (Å²) in [5.41, 5.74) is 1.62. The molecule has 1 fully saturated rings. The van der Waals surface area contributed by atoms with Crippen molar-refractivity contribution in [1.82, 2.24) is 15.6 Å². The number of oxazole rings is 1. The number of aryl methyl sites for hydroxylation is 1. The van der Waals surface area contributed by atoms with Crippen molar-refractivity contribution < 1.29 is 13.9 Å². The molecule has 134 valence electrons. The van der Waals surface area contributed by atoms with Crippen LogP contribution in [0.3, 0.4) is 0 Å². The lowest BCUT2D eigenvalue weighted by Gasteiger charge is -2.12. The molecule has 1 saturated carbocycles. The Hall–Kier alpha value is -2.50. The van der Waals surface area contributed by atoms with Crippen molar-refractivity contribution >= 4 is 6.03 Å². The second kappa shape index (κ2) is 8.05. The van der Waals surface area contributed by atoms with Gasteiger partial charge in [0.25, 0.3) is 0 Å². The van der Waals surface area contributed by atoms with E-state index in [0.717, 1.165) is 29.8 Å². The smallest absolute Gasteiger partial charge is 0.315 e. The number of amides is 2. The zero-order chi connectivity index (χ0) is 17.6. The molecular formula is C19H25N3O3. The van der Waals surface area contributed by atoms with Crippen molar-refractivity contribution in [3.8, 4) is 17.2 Å². The van der Waals surface area contributed by atoms with Crippen LogP contribution in [0.1, 0.15) is 44.1 Å². The molecule has 0 aliphatic heterocycles. The molecule has 0 bridgehead atoms. The SMILES string of the molecule is CCOc1ccc(-c2nc(CNC(=O)NC3CCCC3)c(C)o2)cc1. The van der Waals surface area contributed by atoms with E-state index in [-0.39, 0.29) is 6.03 Å². The predicted octanol–water partition coefficient (Wildman–Crippen LogP) is 3.79. The third-order valence-electron chi connectivity index (χ3n) is 4.41. The van der Waals surface area contributed by atoms with E-state index in [1.54, 1.807) is 0 Å². The van der Waals surface area contributed by atoms with Gasteiger partial charge in [0.2, 0.25) is 5.89 Å². The van der Waals surface area contributed by atoms with Crippen LogP contribution in [-0.2, 0) is 6.54 Å². The zero-order valence-electron chi connectivity index (χ0n) is 14.8. The Balaban J connectivity index is 1.58.